The topological polar surface area (TPSA) is 46.2 Å². The van der Waals surface area contributed by atoms with Crippen molar-refractivity contribution in [3.8, 4) is 0 Å². The maximum absolute atomic E-state index is 7.05. The summed E-state index contributed by atoms with van der Waals surface area (Å²) in [5.41, 5.74) is 3.73. The van der Waals surface area contributed by atoms with Gasteiger partial charge >= 0.3 is 0 Å². The van der Waals surface area contributed by atoms with Crippen LogP contribution in [0.4, 0.5) is 0 Å². The molecule has 6 heteroatoms. The van der Waals surface area contributed by atoms with Crippen molar-refractivity contribution in [3.05, 3.63) is 84.1 Å². The molecule has 0 N–H and O–H groups in total. The molecule has 0 radical (unpaired) electrons. The normalized spacial score (nSPS) is 25.6. The second kappa shape index (κ2) is 13.4. The van der Waals surface area contributed by atoms with E-state index in [0.29, 0.717) is 36.4 Å². The number of benzene rings is 2. The van der Waals surface area contributed by atoms with Gasteiger partial charge in [-0.3, -0.25) is 0 Å². The van der Waals surface area contributed by atoms with Crippen LogP contribution in [-0.4, -0.2) is 45.4 Å². The van der Waals surface area contributed by atoms with Crippen LogP contribution in [0.5, 0.6) is 0 Å². The molecular weight excluding hydrogens is 492 g/mol. The van der Waals surface area contributed by atoms with Gasteiger partial charge in [0.05, 0.1) is 26.1 Å². The number of hydrogen-bond acceptors (Lipinski definition) is 5. The highest BCUT2D eigenvalue weighted by molar-refractivity contribution is 6.77. The van der Waals surface area contributed by atoms with Gasteiger partial charge in [0.1, 0.15) is 24.4 Å². The minimum atomic E-state index is -2.09. The molecule has 1 saturated heterocycles. The summed E-state index contributed by atoms with van der Waals surface area (Å²) in [4.78, 5) is 0. The molecule has 0 bridgehead atoms. The van der Waals surface area contributed by atoms with Crippen molar-refractivity contribution in [2.45, 2.75) is 108 Å². The van der Waals surface area contributed by atoms with Gasteiger partial charge in [-0.15, -0.1) is 0 Å². The Morgan fingerprint density at radius 2 is 1.29 bits per heavy atom. The molecule has 0 aliphatic carbocycles. The predicted molar refractivity (Wildman–Crippen MR) is 154 cm³/mol. The molecule has 38 heavy (non-hydrogen) atoms. The van der Waals surface area contributed by atoms with E-state index in [1.165, 1.54) is 0 Å². The molecule has 2 aliphatic rings. The lowest BCUT2D eigenvalue weighted by atomic mass is 9.92. The van der Waals surface area contributed by atoms with E-state index in [1.54, 1.807) is 6.26 Å². The first-order valence-electron chi connectivity index (χ1n) is 14.2. The second-order valence-corrected chi connectivity index (χ2v) is 17.0. The Hall–Kier alpha value is -1.96. The molecular formula is C32H46O5Si. The molecule has 208 valence electrons. The van der Waals surface area contributed by atoms with E-state index in [0.717, 1.165) is 17.5 Å². The number of fused-ring (bicyclic) bond motifs is 1. The maximum atomic E-state index is 7.05. The maximum Gasteiger partial charge on any atom is 0.200 e. The first-order valence-corrected chi connectivity index (χ1v) is 16.4. The molecule has 2 aliphatic heterocycles. The summed E-state index contributed by atoms with van der Waals surface area (Å²) in [7, 11) is -2.09. The Balaban J connectivity index is 1.61. The summed E-state index contributed by atoms with van der Waals surface area (Å²) < 4.78 is 33.2. The summed E-state index contributed by atoms with van der Waals surface area (Å²) in [5, 5.41) is 0. The molecule has 0 amide bonds. The van der Waals surface area contributed by atoms with Crippen LogP contribution < -0.4 is 0 Å². The standard InChI is InChI=1S/C32H46O5Si/c1-23(2)38(24(3)4,25(5)6)36-22-29-31(34-20-26-14-9-7-10-15-26)32(30-28(37-29)18-13-19-33-30)35-21-27-16-11-8-12-17-27/h7-17,19,23-25,28-32H,18,20-22H2,1-6H3/t28-,29+,30+,31+,32+/m0/s1. The molecule has 4 rings (SSSR count). The van der Waals surface area contributed by atoms with Crippen LogP contribution in [0.25, 0.3) is 0 Å². The minimum Gasteiger partial charge on any atom is -0.493 e. The molecule has 2 aromatic carbocycles. The molecule has 1 fully saturated rings. The summed E-state index contributed by atoms with van der Waals surface area (Å²) in [6, 6.07) is 20.6. The minimum absolute atomic E-state index is 0.0980. The third kappa shape index (κ3) is 6.60. The first-order chi connectivity index (χ1) is 18.3. The lowest BCUT2D eigenvalue weighted by Gasteiger charge is -2.48. The van der Waals surface area contributed by atoms with Crippen molar-refractivity contribution in [1.82, 2.24) is 0 Å². The Morgan fingerprint density at radius 1 is 0.763 bits per heavy atom. The van der Waals surface area contributed by atoms with Crippen molar-refractivity contribution >= 4 is 8.32 Å². The van der Waals surface area contributed by atoms with Gasteiger partial charge < -0.3 is 23.4 Å². The van der Waals surface area contributed by atoms with Gasteiger partial charge in [0.15, 0.2) is 14.4 Å². The number of ether oxygens (including phenoxy) is 4. The zero-order valence-electron chi connectivity index (χ0n) is 23.9. The van der Waals surface area contributed by atoms with Crippen LogP contribution in [0.15, 0.2) is 73.0 Å². The van der Waals surface area contributed by atoms with Gasteiger partial charge in [-0.1, -0.05) is 102 Å². The van der Waals surface area contributed by atoms with Gasteiger partial charge in [-0.05, 0) is 40.2 Å². The zero-order chi connectivity index (χ0) is 27.1. The van der Waals surface area contributed by atoms with E-state index >= 15 is 0 Å². The van der Waals surface area contributed by atoms with E-state index in [4.69, 9.17) is 23.4 Å². The van der Waals surface area contributed by atoms with Gasteiger partial charge in [0, 0.05) is 0 Å². The first kappa shape index (κ1) is 29.0. The van der Waals surface area contributed by atoms with E-state index < -0.39 is 8.32 Å². The summed E-state index contributed by atoms with van der Waals surface area (Å²) in [6.45, 7) is 15.4. The fourth-order valence-corrected chi connectivity index (χ4v) is 11.9. The second-order valence-electron chi connectivity index (χ2n) is 11.6. The highest BCUT2D eigenvalue weighted by atomic mass is 28.4. The van der Waals surface area contributed by atoms with E-state index in [1.807, 2.05) is 42.5 Å². The summed E-state index contributed by atoms with van der Waals surface area (Å²) in [6.07, 6.45) is 3.41. The Morgan fingerprint density at radius 3 is 1.82 bits per heavy atom. The molecule has 5 nitrogen and oxygen atoms in total. The Kier molecular flexibility index (Phi) is 10.2. The molecule has 2 aromatic rings. The molecule has 0 aromatic heterocycles. The largest absolute Gasteiger partial charge is 0.493 e. The SMILES string of the molecule is CC(C)[Si](OC[C@H]1O[C@H]2CC=CO[C@H]2[C@@H](OCc2ccccc2)[C@@H]1OCc1ccccc1)(C(C)C)C(C)C. The summed E-state index contributed by atoms with van der Waals surface area (Å²) >= 11 is 0. The van der Waals surface area contributed by atoms with Crippen LogP contribution in [0.1, 0.15) is 59.1 Å². The molecule has 5 atom stereocenters. The Labute approximate surface area is 230 Å². The smallest absolute Gasteiger partial charge is 0.200 e. The van der Waals surface area contributed by atoms with Crippen molar-refractivity contribution in [3.63, 3.8) is 0 Å². The van der Waals surface area contributed by atoms with E-state index in [2.05, 4.69) is 65.8 Å². The third-order valence-corrected chi connectivity index (χ3v) is 14.3. The monoisotopic (exact) mass is 538 g/mol. The Bertz CT molecular complexity index is 972. The van der Waals surface area contributed by atoms with Gasteiger partial charge in [-0.25, -0.2) is 0 Å². The molecule has 0 unspecified atom stereocenters. The molecule has 0 spiro atoms. The van der Waals surface area contributed by atoms with Crippen LogP contribution in [0, 0.1) is 0 Å². The van der Waals surface area contributed by atoms with Gasteiger partial charge in [0.2, 0.25) is 0 Å². The fourth-order valence-electron chi connectivity index (χ4n) is 6.47. The van der Waals surface area contributed by atoms with E-state index in [9.17, 15) is 0 Å². The number of hydrogen-bond donors (Lipinski definition) is 0. The van der Waals surface area contributed by atoms with Crippen LogP contribution >= 0.6 is 0 Å². The zero-order valence-corrected chi connectivity index (χ0v) is 24.9. The summed E-state index contributed by atoms with van der Waals surface area (Å²) in [5.74, 6) is 0. The van der Waals surface area contributed by atoms with Gasteiger partial charge in [-0.2, -0.15) is 0 Å². The highest BCUT2D eigenvalue weighted by Crippen LogP contribution is 2.43. The van der Waals surface area contributed by atoms with Crippen molar-refractivity contribution in [1.29, 1.82) is 0 Å². The fraction of sp³-hybridized carbons (Fsp3) is 0.562. The molecule has 2 heterocycles. The third-order valence-electron chi connectivity index (χ3n) is 8.21. The van der Waals surface area contributed by atoms with Crippen LogP contribution in [0.3, 0.4) is 0 Å². The van der Waals surface area contributed by atoms with Crippen molar-refractivity contribution in [2.24, 2.45) is 0 Å². The molecule has 0 saturated carbocycles. The van der Waals surface area contributed by atoms with Crippen molar-refractivity contribution in [2.75, 3.05) is 6.61 Å². The average molecular weight is 539 g/mol. The lowest BCUT2D eigenvalue weighted by molar-refractivity contribution is -0.260. The van der Waals surface area contributed by atoms with Gasteiger partial charge in [0.25, 0.3) is 0 Å². The lowest BCUT2D eigenvalue weighted by Crippen LogP contribution is -2.62. The van der Waals surface area contributed by atoms with Crippen LogP contribution in [-0.2, 0) is 36.6 Å². The predicted octanol–water partition coefficient (Wildman–Crippen LogP) is 7.42. The number of rotatable bonds is 12. The van der Waals surface area contributed by atoms with Crippen molar-refractivity contribution < 1.29 is 23.4 Å². The average Bonchev–Trinajstić information content (AvgIpc) is 2.91. The van der Waals surface area contributed by atoms with E-state index in [-0.39, 0.29) is 30.5 Å². The van der Waals surface area contributed by atoms with Crippen LogP contribution in [0.2, 0.25) is 16.6 Å². The highest BCUT2D eigenvalue weighted by Gasteiger charge is 2.51. The quantitative estimate of drug-likeness (QED) is 0.263.